The molecule has 6 heteroatoms. The Bertz CT molecular complexity index is 1090. The van der Waals surface area contributed by atoms with Crippen LogP contribution < -0.4 is 5.32 Å². The van der Waals surface area contributed by atoms with Crippen molar-refractivity contribution in [3.63, 3.8) is 0 Å². The van der Waals surface area contributed by atoms with Crippen LogP contribution in [0, 0.1) is 12.7 Å². The molecule has 174 valence electrons. The van der Waals surface area contributed by atoms with Gasteiger partial charge < -0.3 is 10.1 Å². The fourth-order valence-electron chi connectivity index (χ4n) is 4.51. The molecule has 0 bridgehead atoms. The zero-order valence-electron chi connectivity index (χ0n) is 18.5. The highest BCUT2D eigenvalue weighted by atomic mass is 19.4. The van der Waals surface area contributed by atoms with Crippen molar-refractivity contribution in [2.24, 2.45) is 0 Å². The Hall–Kier alpha value is -2.70. The summed E-state index contributed by atoms with van der Waals surface area (Å²) >= 11 is 0. The lowest BCUT2D eigenvalue weighted by molar-refractivity contribution is -0.137. The summed E-state index contributed by atoms with van der Waals surface area (Å²) in [6.07, 6.45) is -2.68. The molecule has 3 aromatic carbocycles. The molecule has 4 rings (SSSR count). The number of ether oxygens (including phenoxy) is 1. The van der Waals surface area contributed by atoms with Gasteiger partial charge in [0, 0.05) is 5.41 Å². The summed E-state index contributed by atoms with van der Waals surface area (Å²) in [6, 6.07) is 18.4. The minimum absolute atomic E-state index is 0.0686. The van der Waals surface area contributed by atoms with E-state index in [1.807, 2.05) is 18.2 Å². The predicted molar refractivity (Wildman–Crippen MR) is 121 cm³/mol. The number of alkyl halides is 3. The minimum atomic E-state index is -4.49. The van der Waals surface area contributed by atoms with Crippen LogP contribution in [0.25, 0.3) is 11.1 Å². The Morgan fingerprint density at radius 1 is 0.909 bits per heavy atom. The second-order valence-electron chi connectivity index (χ2n) is 8.77. The zero-order valence-corrected chi connectivity index (χ0v) is 18.5. The van der Waals surface area contributed by atoms with Crippen LogP contribution in [0.15, 0.2) is 66.7 Å². The maximum absolute atomic E-state index is 13.7. The highest BCUT2D eigenvalue weighted by molar-refractivity contribution is 5.66. The quantitative estimate of drug-likeness (QED) is 0.418. The van der Waals surface area contributed by atoms with Crippen LogP contribution in [-0.2, 0) is 22.9 Å². The van der Waals surface area contributed by atoms with Crippen molar-refractivity contribution in [1.82, 2.24) is 5.32 Å². The zero-order chi connectivity index (χ0) is 23.5. The molecule has 33 heavy (non-hydrogen) atoms. The summed E-state index contributed by atoms with van der Waals surface area (Å²) in [4.78, 5) is 0. The molecule has 0 saturated carbocycles. The van der Waals surface area contributed by atoms with Crippen LogP contribution in [0.1, 0.15) is 35.1 Å². The average molecular weight is 458 g/mol. The molecular weight excluding hydrogens is 430 g/mol. The van der Waals surface area contributed by atoms with Gasteiger partial charge in [-0.1, -0.05) is 36.4 Å². The van der Waals surface area contributed by atoms with Gasteiger partial charge in [-0.2, -0.15) is 13.2 Å². The van der Waals surface area contributed by atoms with Gasteiger partial charge in [0.2, 0.25) is 0 Å². The van der Waals surface area contributed by atoms with Crippen molar-refractivity contribution in [3.8, 4) is 11.1 Å². The summed E-state index contributed by atoms with van der Waals surface area (Å²) in [5.41, 5.74) is 2.06. The van der Waals surface area contributed by atoms with Crippen LogP contribution >= 0.6 is 0 Å². The van der Waals surface area contributed by atoms with Crippen molar-refractivity contribution in [2.45, 2.75) is 38.0 Å². The lowest BCUT2D eigenvalue weighted by atomic mass is 9.74. The molecule has 0 unspecified atom stereocenters. The Morgan fingerprint density at radius 2 is 1.64 bits per heavy atom. The molecule has 0 radical (unpaired) electrons. The van der Waals surface area contributed by atoms with Crippen LogP contribution in [0.5, 0.6) is 0 Å². The van der Waals surface area contributed by atoms with E-state index in [1.54, 1.807) is 19.1 Å². The van der Waals surface area contributed by atoms with Crippen molar-refractivity contribution in [1.29, 1.82) is 0 Å². The first-order valence-corrected chi connectivity index (χ1v) is 11.1. The first-order valence-electron chi connectivity index (χ1n) is 11.1. The molecule has 1 aliphatic heterocycles. The number of rotatable bonds is 6. The van der Waals surface area contributed by atoms with Crippen molar-refractivity contribution >= 4 is 0 Å². The molecule has 0 aromatic heterocycles. The van der Waals surface area contributed by atoms with Gasteiger partial charge in [0.05, 0.1) is 18.8 Å². The van der Waals surface area contributed by atoms with Crippen molar-refractivity contribution in [3.05, 3.63) is 94.8 Å². The predicted octanol–water partition coefficient (Wildman–Crippen LogP) is 6.66. The second kappa shape index (κ2) is 9.65. The topological polar surface area (TPSA) is 21.3 Å². The van der Waals surface area contributed by atoms with E-state index in [2.05, 4.69) is 17.4 Å². The summed E-state index contributed by atoms with van der Waals surface area (Å²) in [7, 11) is 0. The molecular formula is C27H27F4NO. The normalized spacial score (nSPS) is 16.0. The first-order chi connectivity index (χ1) is 15.8. The van der Waals surface area contributed by atoms with Crippen LogP contribution in [0.4, 0.5) is 17.6 Å². The summed E-state index contributed by atoms with van der Waals surface area (Å²) < 4.78 is 60.5. The van der Waals surface area contributed by atoms with Gasteiger partial charge in [0.15, 0.2) is 0 Å². The summed E-state index contributed by atoms with van der Waals surface area (Å²) in [6.45, 7) is 3.84. The van der Waals surface area contributed by atoms with E-state index < -0.39 is 11.7 Å². The first kappa shape index (κ1) is 23.5. The molecule has 1 aliphatic rings. The largest absolute Gasteiger partial charge is 0.416 e. The monoisotopic (exact) mass is 457 g/mol. The van der Waals surface area contributed by atoms with E-state index in [-0.39, 0.29) is 17.8 Å². The SMILES string of the molecule is Cc1cc(-c2cc(COCC3(c4ccccc4)CCNCC3)cc(C(F)(F)F)c2)ccc1F. The second-order valence-corrected chi connectivity index (χ2v) is 8.77. The van der Waals surface area contributed by atoms with Gasteiger partial charge in [0.1, 0.15) is 5.82 Å². The Kier molecular flexibility index (Phi) is 6.86. The number of piperidine rings is 1. The van der Waals surface area contributed by atoms with Gasteiger partial charge >= 0.3 is 6.18 Å². The average Bonchev–Trinajstić information content (AvgIpc) is 2.81. The van der Waals surface area contributed by atoms with Crippen LogP contribution in [-0.4, -0.2) is 19.7 Å². The molecule has 1 heterocycles. The summed E-state index contributed by atoms with van der Waals surface area (Å²) in [5.74, 6) is -0.387. The molecule has 0 spiro atoms. The van der Waals surface area contributed by atoms with E-state index in [9.17, 15) is 17.6 Å². The molecule has 2 nitrogen and oxygen atoms in total. The van der Waals surface area contributed by atoms with Gasteiger partial charge in [-0.25, -0.2) is 4.39 Å². The lowest BCUT2D eigenvalue weighted by Crippen LogP contribution is -2.43. The number of benzene rings is 3. The van der Waals surface area contributed by atoms with Gasteiger partial charge in [-0.15, -0.1) is 0 Å². The lowest BCUT2D eigenvalue weighted by Gasteiger charge is -2.38. The van der Waals surface area contributed by atoms with E-state index in [0.29, 0.717) is 28.9 Å². The van der Waals surface area contributed by atoms with Gasteiger partial charge in [-0.05, 0) is 91.0 Å². The third-order valence-electron chi connectivity index (χ3n) is 6.41. The number of halogens is 4. The van der Waals surface area contributed by atoms with E-state index in [0.717, 1.165) is 38.1 Å². The fraction of sp³-hybridized carbons (Fsp3) is 0.333. The molecule has 0 aliphatic carbocycles. The van der Waals surface area contributed by atoms with E-state index in [4.69, 9.17) is 4.74 Å². The third kappa shape index (κ3) is 5.45. The van der Waals surface area contributed by atoms with Crippen molar-refractivity contribution in [2.75, 3.05) is 19.7 Å². The molecule has 3 aromatic rings. The Morgan fingerprint density at radius 3 is 2.30 bits per heavy atom. The van der Waals surface area contributed by atoms with E-state index in [1.165, 1.54) is 17.7 Å². The van der Waals surface area contributed by atoms with Crippen molar-refractivity contribution < 1.29 is 22.3 Å². The Balaban J connectivity index is 1.58. The molecule has 1 saturated heterocycles. The van der Waals surface area contributed by atoms with E-state index >= 15 is 0 Å². The molecule has 0 amide bonds. The number of hydrogen-bond donors (Lipinski definition) is 1. The minimum Gasteiger partial charge on any atom is -0.376 e. The molecule has 0 atom stereocenters. The third-order valence-corrected chi connectivity index (χ3v) is 6.41. The van der Waals surface area contributed by atoms with Crippen LogP contribution in [0.3, 0.4) is 0 Å². The fourth-order valence-corrected chi connectivity index (χ4v) is 4.51. The smallest absolute Gasteiger partial charge is 0.376 e. The Labute approximate surface area is 191 Å². The maximum atomic E-state index is 13.7. The number of nitrogens with one attached hydrogen (secondary N) is 1. The standard InChI is InChI=1S/C27H27F4NO/c1-19-13-21(7-8-25(19)28)22-14-20(15-24(16-22)27(29,30)31)17-33-18-26(9-11-32-12-10-26)23-5-3-2-4-6-23/h2-8,13-16,32H,9-12,17-18H2,1H3. The van der Waals surface area contributed by atoms with Gasteiger partial charge in [0.25, 0.3) is 0 Å². The highest BCUT2D eigenvalue weighted by Crippen LogP contribution is 2.36. The highest BCUT2D eigenvalue weighted by Gasteiger charge is 2.34. The maximum Gasteiger partial charge on any atom is 0.416 e. The molecule has 1 fully saturated rings. The van der Waals surface area contributed by atoms with Crippen LogP contribution in [0.2, 0.25) is 0 Å². The van der Waals surface area contributed by atoms with Gasteiger partial charge in [-0.3, -0.25) is 0 Å². The number of aryl methyl sites for hydroxylation is 1. The number of hydrogen-bond acceptors (Lipinski definition) is 2. The summed E-state index contributed by atoms with van der Waals surface area (Å²) in [5, 5.41) is 3.37. The molecule has 1 N–H and O–H groups in total.